The lowest BCUT2D eigenvalue weighted by Crippen LogP contribution is -2.34. The number of carbonyl (C=O) groups excluding carboxylic acids is 1. The lowest BCUT2D eigenvalue weighted by Gasteiger charge is -2.20. The van der Waals surface area contributed by atoms with Crippen molar-refractivity contribution in [2.24, 2.45) is 0 Å². The molecule has 7 nitrogen and oxygen atoms in total. The first-order valence-electron chi connectivity index (χ1n) is 9.62. The van der Waals surface area contributed by atoms with Crippen LogP contribution in [0, 0.1) is 5.82 Å². The number of carbonyl (C=O) groups is 1. The summed E-state index contributed by atoms with van der Waals surface area (Å²) < 4.78 is 57.7. The zero-order chi connectivity index (χ0) is 22.3. The van der Waals surface area contributed by atoms with E-state index in [1.165, 1.54) is 12.3 Å². The Labute approximate surface area is 186 Å². The summed E-state index contributed by atoms with van der Waals surface area (Å²) in [4.78, 5) is 20.4. The maximum atomic E-state index is 14.8. The van der Waals surface area contributed by atoms with Crippen molar-refractivity contribution in [3.8, 4) is 0 Å². The van der Waals surface area contributed by atoms with E-state index in [1.807, 2.05) is 0 Å². The molecule has 11 heteroatoms. The monoisotopic (exact) mass is 512 g/mol. The molecule has 0 amide bonds. The lowest BCUT2D eigenvalue weighted by atomic mass is 9.95. The molecule has 1 saturated heterocycles. The van der Waals surface area contributed by atoms with Gasteiger partial charge in [0, 0.05) is 40.9 Å². The molecule has 0 bridgehead atoms. The summed E-state index contributed by atoms with van der Waals surface area (Å²) in [6.07, 6.45) is 2.13. The van der Waals surface area contributed by atoms with Gasteiger partial charge in [-0.1, -0.05) is 6.92 Å². The molecule has 4 rings (SSSR count). The second kappa shape index (κ2) is 8.29. The molecular formula is C20H19BrF2N4O3S. The zero-order valence-corrected chi connectivity index (χ0v) is 18.9. The third-order valence-electron chi connectivity index (χ3n) is 5.26. The summed E-state index contributed by atoms with van der Waals surface area (Å²) in [5, 5.41) is 0.512. The van der Waals surface area contributed by atoms with E-state index >= 15 is 0 Å². The molecule has 0 aliphatic carbocycles. The Hall–Kier alpha value is -2.37. The quantitative estimate of drug-likeness (QED) is 0.488. The molecule has 0 radical (unpaired) electrons. The highest BCUT2D eigenvalue weighted by molar-refractivity contribution is 9.10. The van der Waals surface area contributed by atoms with Crippen molar-refractivity contribution in [1.82, 2.24) is 14.3 Å². The topological polar surface area (TPSA) is 95.2 Å². The minimum absolute atomic E-state index is 0.0577. The van der Waals surface area contributed by atoms with E-state index in [2.05, 4.69) is 30.6 Å². The summed E-state index contributed by atoms with van der Waals surface area (Å²) in [5.74, 6) is -1.35. The van der Waals surface area contributed by atoms with Gasteiger partial charge in [-0.3, -0.25) is 9.52 Å². The molecule has 0 saturated carbocycles. The second-order valence-electron chi connectivity index (χ2n) is 7.23. The zero-order valence-electron chi connectivity index (χ0n) is 16.5. The van der Waals surface area contributed by atoms with Gasteiger partial charge in [0.1, 0.15) is 17.6 Å². The van der Waals surface area contributed by atoms with Crippen LogP contribution in [0.25, 0.3) is 11.0 Å². The van der Waals surface area contributed by atoms with E-state index in [0.717, 1.165) is 10.4 Å². The summed E-state index contributed by atoms with van der Waals surface area (Å²) >= 11 is 3.31. The number of pyridine rings is 1. The highest BCUT2D eigenvalue weighted by Gasteiger charge is 2.32. The highest BCUT2D eigenvalue weighted by Crippen LogP contribution is 2.30. The number of halogens is 3. The van der Waals surface area contributed by atoms with Crippen LogP contribution in [0.3, 0.4) is 0 Å². The average molecular weight is 513 g/mol. The van der Waals surface area contributed by atoms with Crippen molar-refractivity contribution in [2.45, 2.75) is 25.9 Å². The standard InChI is InChI=1S/C20H19BrF2N4O3S/c1-2-13-17(26-31(29,30)27-6-5-12(22)10-27)4-3-16(23)18(13)19(28)15-9-25-20-14(15)7-11(21)8-24-20/h3-4,7-9,12,26H,2,5-6,10H2,1H3,(H,24,25)/t12-/m1/s1. The average Bonchev–Trinajstić information content (AvgIpc) is 3.34. The molecule has 1 aromatic carbocycles. The van der Waals surface area contributed by atoms with Crippen LogP contribution >= 0.6 is 15.9 Å². The van der Waals surface area contributed by atoms with E-state index in [0.29, 0.717) is 15.5 Å². The number of alkyl halides is 1. The molecular weight excluding hydrogens is 494 g/mol. The minimum Gasteiger partial charge on any atom is -0.345 e. The van der Waals surface area contributed by atoms with E-state index in [4.69, 9.17) is 0 Å². The van der Waals surface area contributed by atoms with E-state index in [9.17, 15) is 22.0 Å². The maximum absolute atomic E-state index is 14.8. The van der Waals surface area contributed by atoms with Crippen molar-refractivity contribution in [3.63, 3.8) is 0 Å². The Balaban J connectivity index is 1.76. The fourth-order valence-electron chi connectivity index (χ4n) is 3.74. The van der Waals surface area contributed by atoms with Gasteiger partial charge in [-0.05, 0) is 52.5 Å². The van der Waals surface area contributed by atoms with Crippen molar-refractivity contribution in [2.75, 3.05) is 17.8 Å². The third kappa shape index (κ3) is 4.09. The number of hydrogen-bond donors (Lipinski definition) is 2. The van der Waals surface area contributed by atoms with Crippen LogP contribution in [-0.4, -0.2) is 47.7 Å². The van der Waals surface area contributed by atoms with Crippen molar-refractivity contribution in [3.05, 3.63) is 57.6 Å². The van der Waals surface area contributed by atoms with Crippen LogP contribution in [0.2, 0.25) is 0 Å². The molecule has 1 aliphatic heterocycles. The molecule has 0 unspecified atom stereocenters. The largest absolute Gasteiger partial charge is 0.345 e. The van der Waals surface area contributed by atoms with Gasteiger partial charge in [0.25, 0.3) is 0 Å². The molecule has 31 heavy (non-hydrogen) atoms. The summed E-state index contributed by atoms with van der Waals surface area (Å²) in [6.45, 7) is 1.52. The van der Waals surface area contributed by atoms with Gasteiger partial charge >= 0.3 is 10.2 Å². The molecule has 1 aliphatic rings. The van der Waals surface area contributed by atoms with Crippen LogP contribution in [-0.2, 0) is 16.6 Å². The number of ketones is 1. The van der Waals surface area contributed by atoms with Crippen LogP contribution in [0.15, 0.2) is 35.1 Å². The summed E-state index contributed by atoms with van der Waals surface area (Å²) in [6, 6.07) is 4.02. The minimum atomic E-state index is -4.04. The Kier molecular flexibility index (Phi) is 5.84. The summed E-state index contributed by atoms with van der Waals surface area (Å²) in [5.41, 5.74) is 0.790. The second-order valence-corrected chi connectivity index (χ2v) is 9.82. The van der Waals surface area contributed by atoms with Crippen LogP contribution in [0.4, 0.5) is 14.5 Å². The number of rotatable bonds is 6. The number of benzene rings is 1. The van der Waals surface area contributed by atoms with Crippen molar-refractivity contribution < 1.29 is 22.0 Å². The molecule has 3 aromatic rings. The number of nitrogens with one attached hydrogen (secondary N) is 2. The number of fused-ring (bicyclic) bond motifs is 1. The first kappa shape index (κ1) is 21.8. The van der Waals surface area contributed by atoms with Crippen molar-refractivity contribution >= 4 is 48.6 Å². The van der Waals surface area contributed by atoms with Crippen LogP contribution in [0.5, 0.6) is 0 Å². The Bertz CT molecular complexity index is 1280. The van der Waals surface area contributed by atoms with E-state index in [-0.39, 0.29) is 48.3 Å². The molecule has 1 fully saturated rings. The van der Waals surface area contributed by atoms with Crippen molar-refractivity contribution in [1.29, 1.82) is 0 Å². The van der Waals surface area contributed by atoms with E-state index < -0.39 is 28.0 Å². The molecule has 0 spiro atoms. The summed E-state index contributed by atoms with van der Waals surface area (Å²) in [7, 11) is -4.04. The van der Waals surface area contributed by atoms with Gasteiger partial charge < -0.3 is 4.98 Å². The number of hydrogen-bond acceptors (Lipinski definition) is 4. The number of anilines is 1. The third-order valence-corrected chi connectivity index (χ3v) is 7.18. The van der Waals surface area contributed by atoms with E-state index in [1.54, 1.807) is 19.2 Å². The molecule has 164 valence electrons. The first-order chi connectivity index (χ1) is 14.7. The first-order valence-corrected chi connectivity index (χ1v) is 11.8. The normalized spacial score (nSPS) is 17.4. The number of nitrogens with zero attached hydrogens (tertiary/aromatic N) is 2. The number of aromatic amines is 1. The van der Waals surface area contributed by atoms with Gasteiger partial charge in [0.15, 0.2) is 5.78 Å². The molecule has 2 aromatic heterocycles. The smallest absolute Gasteiger partial charge is 0.301 e. The SMILES string of the molecule is CCc1c(NS(=O)(=O)N2CC[C@@H](F)C2)ccc(F)c1C(=O)c1c[nH]c2ncc(Br)cc12. The van der Waals surface area contributed by atoms with Gasteiger partial charge in [-0.2, -0.15) is 12.7 Å². The lowest BCUT2D eigenvalue weighted by molar-refractivity contribution is 0.103. The fourth-order valence-corrected chi connectivity index (χ4v) is 5.37. The van der Waals surface area contributed by atoms with Gasteiger partial charge in [0.05, 0.1) is 11.3 Å². The molecule has 1 atom stereocenters. The molecule has 2 N–H and O–H groups in total. The Morgan fingerprint density at radius 1 is 1.42 bits per heavy atom. The maximum Gasteiger partial charge on any atom is 0.301 e. The predicted octanol–water partition coefficient (Wildman–Crippen LogP) is 3.96. The van der Waals surface area contributed by atoms with Crippen LogP contribution < -0.4 is 4.72 Å². The number of aromatic nitrogens is 2. The molecule has 3 heterocycles. The van der Waals surface area contributed by atoms with Gasteiger partial charge in [-0.15, -0.1) is 0 Å². The van der Waals surface area contributed by atoms with Gasteiger partial charge in [-0.25, -0.2) is 13.8 Å². The van der Waals surface area contributed by atoms with Crippen LogP contribution in [0.1, 0.15) is 34.8 Å². The fraction of sp³-hybridized carbons (Fsp3) is 0.300. The highest BCUT2D eigenvalue weighted by atomic mass is 79.9. The predicted molar refractivity (Wildman–Crippen MR) is 117 cm³/mol. The Morgan fingerprint density at radius 3 is 2.87 bits per heavy atom. The van der Waals surface area contributed by atoms with Gasteiger partial charge in [0.2, 0.25) is 0 Å². The Morgan fingerprint density at radius 2 is 2.19 bits per heavy atom. The number of H-pyrrole nitrogens is 1.